The number of halogens is 2. The second-order valence-corrected chi connectivity index (χ2v) is 8.73. The summed E-state index contributed by atoms with van der Waals surface area (Å²) in [6.07, 6.45) is 0. The van der Waals surface area contributed by atoms with Gasteiger partial charge in [0.15, 0.2) is 5.13 Å². The Kier molecular flexibility index (Phi) is 8.02. The van der Waals surface area contributed by atoms with E-state index in [0.29, 0.717) is 36.5 Å². The third kappa shape index (κ3) is 5.36. The molecule has 0 unspecified atom stereocenters. The summed E-state index contributed by atoms with van der Waals surface area (Å²) in [7, 11) is 0. The maximum atomic E-state index is 13.4. The van der Waals surface area contributed by atoms with E-state index in [2.05, 4.69) is 4.90 Å². The number of morpholine rings is 1. The Labute approximate surface area is 200 Å². The number of amides is 1. The van der Waals surface area contributed by atoms with E-state index in [0.717, 1.165) is 28.9 Å². The molecule has 11 heteroatoms. The molecule has 2 aromatic carbocycles. The van der Waals surface area contributed by atoms with Gasteiger partial charge in [0, 0.05) is 48.9 Å². The molecule has 0 spiro atoms. The Morgan fingerprint density at radius 3 is 2.78 bits per heavy atom. The molecule has 3 aromatic rings. The number of hydrogen-bond acceptors (Lipinski definition) is 7. The highest BCUT2D eigenvalue weighted by Gasteiger charge is 2.24. The van der Waals surface area contributed by atoms with Gasteiger partial charge in [0.2, 0.25) is 0 Å². The van der Waals surface area contributed by atoms with Crippen LogP contribution >= 0.6 is 35.3 Å². The van der Waals surface area contributed by atoms with E-state index < -0.39 is 4.92 Å². The predicted molar refractivity (Wildman–Crippen MR) is 129 cm³/mol. The molecule has 32 heavy (non-hydrogen) atoms. The second kappa shape index (κ2) is 10.5. The summed E-state index contributed by atoms with van der Waals surface area (Å²) in [5.74, 6) is -0.320. The summed E-state index contributed by atoms with van der Waals surface area (Å²) >= 11 is 7.58. The lowest BCUT2D eigenvalue weighted by Crippen LogP contribution is -2.43. The number of rotatable bonds is 6. The van der Waals surface area contributed by atoms with Crippen LogP contribution in [0.3, 0.4) is 0 Å². The summed E-state index contributed by atoms with van der Waals surface area (Å²) in [6, 6.07) is 9.47. The highest BCUT2D eigenvalue weighted by atomic mass is 35.5. The first kappa shape index (κ1) is 24.3. The molecule has 0 radical (unpaired) electrons. The zero-order valence-electron chi connectivity index (χ0n) is 17.3. The van der Waals surface area contributed by atoms with Crippen LogP contribution in [0, 0.1) is 17.0 Å². The molecule has 170 valence electrons. The lowest BCUT2D eigenvalue weighted by molar-refractivity contribution is -0.384. The quantitative estimate of drug-likeness (QED) is 0.366. The first-order chi connectivity index (χ1) is 14.9. The van der Waals surface area contributed by atoms with Gasteiger partial charge >= 0.3 is 0 Å². The molecule has 1 fully saturated rings. The number of hydrogen-bond donors (Lipinski definition) is 0. The lowest BCUT2D eigenvalue weighted by atomic mass is 10.2. The Morgan fingerprint density at radius 1 is 1.31 bits per heavy atom. The van der Waals surface area contributed by atoms with Crippen LogP contribution in [0.2, 0.25) is 5.02 Å². The number of anilines is 1. The molecular weight excluding hydrogens is 475 g/mol. The average Bonchev–Trinajstić information content (AvgIpc) is 3.18. The number of benzene rings is 2. The van der Waals surface area contributed by atoms with Gasteiger partial charge in [-0.2, -0.15) is 0 Å². The maximum Gasteiger partial charge on any atom is 0.270 e. The zero-order chi connectivity index (χ0) is 22.0. The third-order valence-electron chi connectivity index (χ3n) is 5.16. The van der Waals surface area contributed by atoms with E-state index >= 15 is 0 Å². The van der Waals surface area contributed by atoms with Gasteiger partial charge in [-0.3, -0.25) is 24.7 Å². The number of fused-ring (bicyclic) bond motifs is 1. The van der Waals surface area contributed by atoms with E-state index in [9.17, 15) is 14.9 Å². The highest BCUT2D eigenvalue weighted by molar-refractivity contribution is 7.22. The van der Waals surface area contributed by atoms with E-state index in [4.69, 9.17) is 21.3 Å². The maximum absolute atomic E-state index is 13.4. The molecule has 1 aliphatic rings. The van der Waals surface area contributed by atoms with Crippen molar-refractivity contribution in [1.29, 1.82) is 0 Å². The number of non-ortho nitro benzene ring substituents is 1. The van der Waals surface area contributed by atoms with Crippen LogP contribution < -0.4 is 4.90 Å². The molecule has 0 aliphatic carbocycles. The fourth-order valence-corrected chi connectivity index (χ4v) is 4.96. The lowest BCUT2D eigenvalue weighted by Gasteiger charge is -2.29. The van der Waals surface area contributed by atoms with Gasteiger partial charge in [0.05, 0.1) is 28.4 Å². The summed E-state index contributed by atoms with van der Waals surface area (Å²) in [5.41, 5.74) is 1.87. The van der Waals surface area contributed by atoms with Gasteiger partial charge in [0.1, 0.15) is 0 Å². The van der Waals surface area contributed by atoms with Gasteiger partial charge in [-0.15, -0.1) is 12.4 Å². The van der Waals surface area contributed by atoms with Crippen molar-refractivity contribution in [2.75, 3.05) is 44.3 Å². The Hall–Kier alpha value is -2.30. The molecule has 0 bridgehead atoms. The predicted octanol–water partition coefficient (Wildman–Crippen LogP) is 4.57. The fourth-order valence-electron chi connectivity index (χ4n) is 3.52. The summed E-state index contributed by atoms with van der Waals surface area (Å²) in [5, 5.41) is 12.3. The fraction of sp³-hybridized carbons (Fsp3) is 0.333. The van der Waals surface area contributed by atoms with Crippen molar-refractivity contribution >= 4 is 62.3 Å². The van der Waals surface area contributed by atoms with Gasteiger partial charge in [-0.1, -0.05) is 29.0 Å². The first-order valence-corrected chi connectivity index (χ1v) is 11.0. The largest absolute Gasteiger partial charge is 0.379 e. The van der Waals surface area contributed by atoms with Crippen LogP contribution in [-0.2, 0) is 4.74 Å². The van der Waals surface area contributed by atoms with Crippen LogP contribution in [0.5, 0.6) is 0 Å². The summed E-state index contributed by atoms with van der Waals surface area (Å²) < 4.78 is 6.29. The Bertz CT molecular complexity index is 1130. The number of aromatic nitrogens is 1. The number of carbonyl (C=O) groups is 1. The number of nitro groups is 1. The molecule has 1 saturated heterocycles. The Balaban J connectivity index is 0.00000289. The number of nitro benzene ring substituents is 1. The van der Waals surface area contributed by atoms with Crippen LogP contribution in [0.25, 0.3) is 10.2 Å². The third-order valence-corrected chi connectivity index (χ3v) is 6.41. The molecule has 4 rings (SSSR count). The van der Waals surface area contributed by atoms with Gasteiger partial charge in [-0.05, 0) is 30.7 Å². The van der Waals surface area contributed by atoms with E-state index in [1.807, 2.05) is 19.1 Å². The molecule has 1 aliphatic heterocycles. The average molecular weight is 497 g/mol. The molecular formula is C21H22Cl2N4O4S. The van der Waals surface area contributed by atoms with Crippen molar-refractivity contribution in [2.45, 2.75) is 6.92 Å². The summed E-state index contributed by atoms with van der Waals surface area (Å²) in [4.78, 5) is 32.6. The topological polar surface area (TPSA) is 88.8 Å². The van der Waals surface area contributed by atoms with Crippen molar-refractivity contribution in [1.82, 2.24) is 9.88 Å². The van der Waals surface area contributed by atoms with E-state index in [1.165, 1.54) is 29.5 Å². The number of ether oxygens (including phenoxy) is 1. The standard InChI is InChI=1S/C21H21ClN4O4S.ClH/c1-14-11-16(22)13-18-19(14)23-21(31-18)25(6-5-24-7-9-30-10-8-24)20(27)15-3-2-4-17(12-15)26(28)29;/h2-4,11-13H,5-10H2,1H3;1H. The van der Waals surface area contributed by atoms with E-state index in [1.54, 1.807) is 11.0 Å². The van der Waals surface area contributed by atoms with Crippen molar-refractivity contribution in [3.8, 4) is 0 Å². The molecule has 8 nitrogen and oxygen atoms in total. The minimum absolute atomic E-state index is 0. The normalized spacial score (nSPS) is 14.2. The molecule has 0 saturated carbocycles. The van der Waals surface area contributed by atoms with Gasteiger partial charge in [-0.25, -0.2) is 4.98 Å². The minimum atomic E-state index is -0.502. The van der Waals surface area contributed by atoms with Crippen molar-refractivity contribution < 1.29 is 14.5 Å². The number of aryl methyl sites for hydroxylation is 1. The zero-order valence-corrected chi connectivity index (χ0v) is 19.7. The molecule has 0 atom stereocenters. The molecule has 0 N–H and O–H groups in total. The number of thiazole rings is 1. The van der Waals surface area contributed by atoms with Crippen LogP contribution in [0.1, 0.15) is 15.9 Å². The highest BCUT2D eigenvalue weighted by Crippen LogP contribution is 2.33. The van der Waals surface area contributed by atoms with E-state index in [-0.39, 0.29) is 29.6 Å². The molecule has 2 heterocycles. The Morgan fingerprint density at radius 2 is 2.06 bits per heavy atom. The smallest absolute Gasteiger partial charge is 0.270 e. The first-order valence-electron chi connectivity index (χ1n) is 9.85. The van der Waals surface area contributed by atoms with Crippen molar-refractivity contribution in [2.24, 2.45) is 0 Å². The molecule has 1 amide bonds. The van der Waals surface area contributed by atoms with Crippen LogP contribution in [-0.4, -0.2) is 60.1 Å². The SMILES string of the molecule is Cc1cc(Cl)cc2sc(N(CCN3CCOCC3)C(=O)c3cccc([N+](=O)[O-])c3)nc12.Cl. The van der Waals surface area contributed by atoms with Crippen LogP contribution in [0.15, 0.2) is 36.4 Å². The van der Waals surface area contributed by atoms with Gasteiger partial charge < -0.3 is 4.74 Å². The monoisotopic (exact) mass is 496 g/mol. The number of nitrogens with zero attached hydrogens (tertiary/aromatic N) is 4. The minimum Gasteiger partial charge on any atom is -0.379 e. The number of carbonyl (C=O) groups excluding carboxylic acids is 1. The van der Waals surface area contributed by atoms with Crippen molar-refractivity contribution in [3.63, 3.8) is 0 Å². The second-order valence-electron chi connectivity index (χ2n) is 7.28. The van der Waals surface area contributed by atoms with Crippen LogP contribution in [0.4, 0.5) is 10.8 Å². The van der Waals surface area contributed by atoms with Gasteiger partial charge in [0.25, 0.3) is 11.6 Å². The molecule has 1 aromatic heterocycles. The van der Waals surface area contributed by atoms with Crippen molar-refractivity contribution in [3.05, 3.63) is 62.7 Å². The summed E-state index contributed by atoms with van der Waals surface area (Å²) in [6.45, 7) is 5.92.